The first-order chi connectivity index (χ1) is 8.09. The lowest BCUT2D eigenvalue weighted by Crippen LogP contribution is -2.28. The van der Waals surface area contributed by atoms with Gasteiger partial charge in [-0.3, -0.25) is 0 Å². The number of hydrogen-bond acceptors (Lipinski definition) is 2. The highest BCUT2D eigenvalue weighted by molar-refractivity contribution is 5.85. The molecule has 18 heavy (non-hydrogen) atoms. The SMILES string of the molecule is Cl.N[C@H](c1cc(F)cc(F)c1F)C1CCOCC1. The number of halogens is 4. The van der Waals surface area contributed by atoms with Crippen LogP contribution < -0.4 is 5.73 Å². The number of benzene rings is 1. The van der Waals surface area contributed by atoms with Gasteiger partial charge in [0.2, 0.25) is 0 Å². The topological polar surface area (TPSA) is 35.2 Å². The van der Waals surface area contributed by atoms with Crippen molar-refractivity contribution in [1.29, 1.82) is 0 Å². The summed E-state index contributed by atoms with van der Waals surface area (Å²) in [6.07, 6.45) is 1.36. The van der Waals surface area contributed by atoms with Crippen molar-refractivity contribution >= 4 is 12.4 Å². The smallest absolute Gasteiger partial charge is 0.163 e. The molecule has 2 nitrogen and oxygen atoms in total. The minimum absolute atomic E-state index is 0. The molecule has 2 rings (SSSR count). The van der Waals surface area contributed by atoms with Crippen LogP contribution in [0.4, 0.5) is 13.2 Å². The monoisotopic (exact) mass is 281 g/mol. The summed E-state index contributed by atoms with van der Waals surface area (Å²) in [4.78, 5) is 0. The molecule has 0 amide bonds. The highest BCUT2D eigenvalue weighted by Gasteiger charge is 2.26. The highest BCUT2D eigenvalue weighted by Crippen LogP contribution is 2.30. The van der Waals surface area contributed by atoms with Crippen molar-refractivity contribution in [3.63, 3.8) is 0 Å². The predicted octanol–water partition coefficient (Wildman–Crippen LogP) is 2.95. The zero-order valence-electron chi connectivity index (χ0n) is 9.67. The second kappa shape index (κ2) is 6.41. The van der Waals surface area contributed by atoms with Gasteiger partial charge in [-0.1, -0.05) is 0 Å². The third-order valence-corrected chi connectivity index (χ3v) is 3.15. The van der Waals surface area contributed by atoms with E-state index >= 15 is 0 Å². The van der Waals surface area contributed by atoms with E-state index in [0.717, 1.165) is 6.07 Å². The van der Waals surface area contributed by atoms with Crippen molar-refractivity contribution in [2.75, 3.05) is 13.2 Å². The van der Waals surface area contributed by atoms with Crippen molar-refractivity contribution in [2.24, 2.45) is 11.7 Å². The average molecular weight is 282 g/mol. The molecule has 1 aromatic rings. The molecule has 0 aromatic heterocycles. The van der Waals surface area contributed by atoms with Crippen LogP contribution in [0.25, 0.3) is 0 Å². The van der Waals surface area contributed by atoms with E-state index in [2.05, 4.69) is 0 Å². The maximum absolute atomic E-state index is 13.5. The summed E-state index contributed by atoms with van der Waals surface area (Å²) in [7, 11) is 0. The van der Waals surface area contributed by atoms with Crippen LogP contribution in [-0.4, -0.2) is 13.2 Å². The van der Waals surface area contributed by atoms with Crippen LogP contribution in [-0.2, 0) is 4.74 Å². The molecule has 1 fully saturated rings. The van der Waals surface area contributed by atoms with E-state index in [1.807, 2.05) is 0 Å². The Morgan fingerprint density at radius 1 is 1.17 bits per heavy atom. The zero-order valence-corrected chi connectivity index (χ0v) is 10.5. The standard InChI is InChI=1S/C12H14F3NO.ClH/c13-8-5-9(11(15)10(14)6-8)12(16)7-1-3-17-4-2-7;/h5-7,12H,1-4,16H2;1H/t12-;/m0./s1. The van der Waals surface area contributed by atoms with Crippen molar-refractivity contribution in [3.8, 4) is 0 Å². The van der Waals surface area contributed by atoms with Gasteiger partial charge in [0.1, 0.15) is 5.82 Å². The van der Waals surface area contributed by atoms with Gasteiger partial charge in [0.05, 0.1) is 0 Å². The van der Waals surface area contributed by atoms with Crippen LogP contribution >= 0.6 is 12.4 Å². The molecule has 0 saturated carbocycles. The molecule has 1 aromatic carbocycles. The van der Waals surface area contributed by atoms with Crippen LogP contribution in [0.15, 0.2) is 12.1 Å². The third-order valence-electron chi connectivity index (χ3n) is 3.15. The Balaban J connectivity index is 0.00000162. The largest absolute Gasteiger partial charge is 0.381 e. The molecule has 0 spiro atoms. The molecule has 1 atom stereocenters. The number of rotatable bonds is 2. The molecule has 0 unspecified atom stereocenters. The van der Waals surface area contributed by atoms with E-state index in [9.17, 15) is 13.2 Å². The van der Waals surface area contributed by atoms with E-state index in [-0.39, 0.29) is 23.9 Å². The summed E-state index contributed by atoms with van der Waals surface area (Å²) in [5, 5.41) is 0. The Hall–Kier alpha value is -0.780. The van der Waals surface area contributed by atoms with E-state index in [1.165, 1.54) is 0 Å². The second-order valence-corrected chi connectivity index (χ2v) is 4.27. The minimum atomic E-state index is -1.19. The quantitative estimate of drug-likeness (QED) is 0.846. The number of hydrogen-bond donors (Lipinski definition) is 1. The molecule has 1 aliphatic rings. The van der Waals surface area contributed by atoms with Crippen molar-refractivity contribution < 1.29 is 17.9 Å². The van der Waals surface area contributed by atoms with E-state index in [0.29, 0.717) is 32.1 Å². The van der Waals surface area contributed by atoms with Gasteiger partial charge in [0.15, 0.2) is 11.6 Å². The van der Waals surface area contributed by atoms with Crippen molar-refractivity contribution in [2.45, 2.75) is 18.9 Å². The second-order valence-electron chi connectivity index (χ2n) is 4.27. The van der Waals surface area contributed by atoms with Gasteiger partial charge in [-0.05, 0) is 24.8 Å². The van der Waals surface area contributed by atoms with Crippen LogP contribution in [0.2, 0.25) is 0 Å². The molecule has 1 saturated heterocycles. The minimum Gasteiger partial charge on any atom is -0.381 e. The summed E-state index contributed by atoms with van der Waals surface area (Å²) in [6.45, 7) is 1.11. The molecular weight excluding hydrogens is 267 g/mol. The lowest BCUT2D eigenvalue weighted by Gasteiger charge is -2.28. The Morgan fingerprint density at radius 3 is 2.39 bits per heavy atom. The molecule has 0 bridgehead atoms. The first-order valence-electron chi connectivity index (χ1n) is 5.57. The van der Waals surface area contributed by atoms with Crippen LogP contribution in [0.1, 0.15) is 24.4 Å². The Labute approximate surface area is 110 Å². The van der Waals surface area contributed by atoms with Gasteiger partial charge in [0.25, 0.3) is 0 Å². The summed E-state index contributed by atoms with van der Waals surface area (Å²) in [5.74, 6) is -3.05. The normalized spacial score (nSPS) is 18.2. The van der Waals surface area contributed by atoms with Gasteiger partial charge < -0.3 is 10.5 Å². The number of nitrogens with two attached hydrogens (primary N) is 1. The molecule has 6 heteroatoms. The fraction of sp³-hybridized carbons (Fsp3) is 0.500. The fourth-order valence-electron chi connectivity index (χ4n) is 2.15. The molecular formula is C12H15ClF3NO. The average Bonchev–Trinajstić information content (AvgIpc) is 2.34. The van der Waals surface area contributed by atoms with E-state index in [4.69, 9.17) is 10.5 Å². The van der Waals surface area contributed by atoms with Crippen LogP contribution in [0.3, 0.4) is 0 Å². The summed E-state index contributed by atoms with van der Waals surface area (Å²) in [5.41, 5.74) is 5.79. The van der Waals surface area contributed by atoms with Gasteiger partial charge in [-0.2, -0.15) is 0 Å². The Bertz CT molecular complexity index is 411. The Kier molecular flexibility index (Phi) is 5.44. The summed E-state index contributed by atoms with van der Waals surface area (Å²) >= 11 is 0. The summed E-state index contributed by atoms with van der Waals surface area (Å²) in [6, 6.07) is 0.803. The zero-order chi connectivity index (χ0) is 12.4. The van der Waals surface area contributed by atoms with Crippen molar-refractivity contribution in [1.82, 2.24) is 0 Å². The van der Waals surface area contributed by atoms with E-state index < -0.39 is 23.5 Å². The first-order valence-corrected chi connectivity index (χ1v) is 5.57. The first kappa shape index (κ1) is 15.3. The number of ether oxygens (including phenoxy) is 1. The lowest BCUT2D eigenvalue weighted by atomic mass is 9.87. The van der Waals surface area contributed by atoms with Gasteiger partial charge in [-0.25, -0.2) is 13.2 Å². The molecule has 1 heterocycles. The van der Waals surface area contributed by atoms with Crippen LogP contribution in [0.5, 0.6) is 0 Å². The molecule has 0 aliphatic carbocycles. The maximum atomic E-state index is 13.5. The van der Waals surface area contributed by atoms with E-state index in [1.54, 1.807) is 0 Å². The Morgan fingerprint density at radius 2 is 1.78 bits per heavy atom. The molecule has 1 aliphatic heterocycles. The fourth-order valence-corrected chi connectivity index (χ4v) is 2.15. The van der Waals surface area contributed by atoms with Gasteiger partial charge in [0, 0.05) is 30.9 Å². The molecule has 102 valence electrons. The van der Waals surface area contributed by atoms with Gasteiger partial charge in [-0.15, -0.1) is 12.4 Å². The molecule has 0 radical (unpaired) electrons. The maximum Gasteiger partial charge on any atom is 0.163 e. The van der Waals surface area contributed by atoms with Crippen molar-refractivity contribution in [3.05, 3.63) is 35.1 Å². The highest BCUT2D eigenvalue weighted by atomic mass is 35.5. The summed E-state index contributed by atoms with van der Waals surface area (Å²) < 4.78 is 44.8. The lowest BCUT2D eigenvalue weighted by molar-refractivity contribution is 0.0579. The molecule has 2 N–H and O–H groups in total. The predicted molar refractivity (Wildman–Crippen MR) is 64.0 cm³/mol. The van der Waals surface area contributed by atoms with Crippen LogP contribution in [0, 0.1) is 23.4 Å². The van der Waals surface area contributed by atoms with Gasteiger partial charge >= 0.3 is 0 Å². The third kappa shape index (κ3) is 3.16.